The fourth-order valence-electron chi connectivity index (χ4n) is 3.17. The largest absolute Gasteiger partial charge is 0.326 e. The predicted octanol–water partition coefficient (Wildman–Crippen LogP) is 3.79. The topological polar surface area (TPSA) is 108 Å². The molecule has 0 saturated heterocycles. The molecule has 3 aromatic rings. The summed E-state index contributed by atoms with van der Waals surface area (Å²) in [5.74, 6) is -0.824. The minimum Gasteiger partial charge on any atom is -0.326 e. The van der Waals surface area contributed by atoms with Gasteiger partial charge in [-0.2, -0.15) is 9.41 Å². The van der Waals surface area contributed by atoms with Gasteiger partial charge < -0.3 is 5.32 Å². The van der Waals surface area contributed by atoms with Gasteiger partial charge in [0.1, 0.15) is 0 Å². The zero-order valence-corrected chi connectivity index (χ0v) is 21.4. The van der Waals surface area contributed by atoms with E-state index in [0.29, 0.717) is 12.1 Å². The number of carbonyl (C=O) groups excluding carboxylic acids is 2. The van der Waals surface area contributed by atoms with E-state index in [1.807, 2.05) is 54.6 Å². The van der Waals surface area contributed by atoms with Crippen LogP contribution >= 0.6 is 15.9 Å². The number of sulfonamides is 1. The molecule has 182 valence electrons. The van der Waals surface area contributed by atoms with Gasteiger partial charge in [0.05, 0.1) is 17.7 Å². The van der Waals surface area contributed by atoms with Crippen LogP contribution in [0.15, 0.2) is 93.3 Å². The lowest BCUT2D eigenvalue weighted by Crippen LogP contribution is -2.40. The molecule has 0 aromatic heterocycles. The molecule has 8 nitrogen and oxygen atoms in total. The zero-order chi connectivity index (χ0) is 25.3. The van der Waals surface area contributed by atoms with E-state index in [0.717, 1.165) is 19.9 Å². The number of rotatable bonds is 10. The average molecular weight is 557 g/mol. The summed E-state index contributed by atoms with van der Waals surface area (Å²) in [5, 5.41) is 6.54. The Labute approximate surface area is 213 Å². The van der Waals surface area contributed by atoms with Crippen LogP contribution in [-0.2, 0) is 26.0 Å². The number of anilines is 1. The summed E-state index contributed by atoms with van der Waals surface area (Å²) in [5.41, 5.74) is 4.60. The van der Waals surface area contributed by atoms with Crippen LogP contribution in [-0.4, -0.2) is 43.8 Å². The van der Waals surface area contributed by atoms with Crippen molar-refractivity contribution in [2.75, 3.05) is 18.4 Å². The summed E-state index contributed by atoms with van der Waals surface area (Å²) in [6.45, 7) is 1.07. The van der Waals surface area contributed by atoms with E-state index >= 15 is 0 Å². The number of benzene rings is 3. The van der Waals surface area contributed by atoms with Crippen LogP contribution in [0.25, 0.3) is 0 Å². The molecule has 35 heavy (non-hydrogen) atoms. The zero-order valence-electron chi connectivity index (χ0n) is 19.0. The monoisotopic (exact) mass is 556 g/mol. The lowest BCUT2D eigenvalue weighted by atomic mass is 10.1. The van der Waals surface area contributed by atoms with Gasteiger partial charge in [0.2, 0.25) is 15.9 Å². The maximum atomic E-state index is 13.4. The fourth-order valence-corrected chi connectivity index (χ4v) is 4.83. The number of hydrogen-bond donors (Lipinski definition) is 2. The second-order valence-electron chi connectivity index (χ2n) is 7.62. The van der Waals surface area contributed by atoms with E-state index in [1.54, 1.807) is 0 Å². The van der Waals surface area contributed by atoms with Crippen LogP contribution < -0.4 is 10.7 Å². The van der Waals surface area contributed by atoms with Crippen molar-refractivity contribution in [1.82, 2.24) is 9.73 Å². The second kappa shape index (κ2) is 12.4. The van der Waals surface area contributed by atoms with E-state index in [1.165, 1.54) is 37.4 Å². The molecule has 10 heteroatoms. The number of nitrogens with zero attached hydrogens (tertiary/aromatic N) is 2. The molecule has 0 aliphatic carbocycles. The standard InChI is InChI=1S/C25H25BrN4O4S/c1-19(31)28-23-11-13-24(14-12-23)35(33,34)30(16-15-20-5-3-2-4-6-20)18-25(32)29-27-17-21-7-9-22(26)10-8-21/h2-14,17H,15-16,18H2,1H3,(H,28,31)(H,29,32). The highest BCUT2D eigenvalue weighted by atomic mass is 79.9. The lowest BCUT2D eigenvalue weighted by Gasteiger charge is -2.21. The first kappa shape index (κ1) is 26.3. The van der Waals surface area contributed by atoms with Crippen molar-refractivity contribution in [3.8, 4) is 0 Å². The normalized spacial score (nSPS) is 11.5. The molecule has 0 radical (unpaired) electrons. The van der Waals surface area contributed by atoms with Crippen LogP contribution in [0.2, 0.25) is 0 Å². The first-order valence-electron chi connectivity index (χ1n) is 10.7. The molecule has 0 bridgehead atoms. The number of amides is 2. The van der Waals surface area contributed by atoms with E-state index in [-0.39, 0.29) is 17.3 Å². The van der Waals surface area contributed by atoms with Gasteiger partial charge in [-0.1, -0.05) is 58.4 Å². The van der Waals surface area contributed by atoms with Crippen LogP contribution in [0.5, 0.6) is 0 Å². The Hall–Kier alpha value is -3.34. The van der Waals surface area contributed by atoms with Crippen LogP contribution in [0.3, 0.4) is 0 Å². The Morgan fingerprint density at radius 3 is 2.26 bits per heavy atom. The van der Waals surface area contributed by atoms with E-state index in [4.69, 9.17) is 0 Å². The first-order chi connectivity index (χ1) is 16.7. The van der Waals surface area contributed by atoms with Gasteiger partial charge in [-0.05, 0) is 53.9 Å². The van der Waals surface area contributed by atoms with Gasteiger partial charge in [0.15, 0.2) is 0 Å². The summed E-state index contributed by atoms with van der Waals surface area (Å²) in [6.07, 6.45) is 1.91. The van der Waals surface area contributed by atoms with Gasteiger partial charge in [-0.15, -0.1) is 0 Å². The van der Waals surface area contributed by atoms with E-state index < -0.39 is 22.5 Å². The Kier molecular flexibility index (Phi) is 9.30. The highest BCUT2D eigenvalue weighted by molar-refractivity contribution is 9.10. The molecule has 0 fully saturated rings. The Bertz CT molecular complexity index is 1280. The molecule has 0 saturated carbocycles. The minimum atomic E-state index is -3.99. The molecule has 0 aliphatic rings. The van der Waals surface area contributed by atoms with Gasteiger partial charge >= 0.3 is 0 Å². The lowest BCUT2D eigenvalue weighted by molar-refractivity contribution is -0.121. The summed E-state index contributed by atoms with van der Waals surface area (Å²) in [6, 6.07) is 22.6. The van der Waals surface area contributed by atoms with Crippen molar-refractivity contribution >= 4 is 49.7 Å². The van der Waals surface area contributed by atoms with Crippen LogP contribution in [0.1, 0.15) is 18.1 Å². The number of halogens is 1. The quantitative estimate of drug-likeness (QED) is 0.292. The van der Waals surface area contributed by atoms with Crippen LogP contribution in [0.4, 0.5) is 5.69 Å². The van der Waals surface area contributed by atoms with Crippen molar-refractivity contribution in [3.05, 3.63) is 94.5 Å². The molecule has 0 heterocycles. The van der Waals surface area contributed by atoms with Gasteiger partial charge in [-0.3, -0.25) is 9.59 Å². The Morgan fingerprint density at radius 1 is 0.971 bits per heavy atom. The number of nitrogens with one attached hydrogen (secondary N) is 2. The van der Waals surface area contributed by atoms with E-state index in [9.17, 15) is 18.0 Å². The summed E-state index contributed by atoms with van der Waals surface area (Å²) < 4.78 is 28.8. The second-order valence-corrected chi connectivity index (χ2v) is 10.5. The number of hydrogen-bond acceptors (Lipinski definition) is 5. The summed E-state index contributed by atoms with van der Waals surface area (Å²) in [4.78, 5) is 23.8. The van der Waals surface area contributed by atoms with Crippen molar-refractivity contribution in [3.63, 3.8) is 0 Å². The third-order valence-electron chi connectivity index (χ3n) is 4.90. The molecule has 2 amide bonds. The molecular formula is C25H25BrN4O4S. The SMILES string of the molecule is CC(=O)Nc1ccc(S(=O)(=O)N(CCc2ccccc2)CC(=O)NN=Cc2ccc(Br)cc2)cc1. The summed E-state index contributed by atoms with van der Waals surface area (Å²) >= 11 is 3.35. The third kappa shape index (κ3) is 8.13. The minimum absolute atomic E-state index is 0.0193. The molecule has 0 unspecified atom stereocenters. The van der Waals surface area contributed by atoms with Crippen molar-refractivity contribution < 1.29 is 18.0 Å². The maximum absolute atomic E-state index is 13.4. The Balaban J connectivity index is 1.74. The molecule has 3 aromatic carbocycles. The molecule has 0 spiro atoms. The molecular weight excluding hydrogens is 532 g/mol. The number of carbonyl (C=O) groups is 2. The van der Waals surface area contributed by atoms with E-state index in [2.05, 4.69) is 31.8 Å². The fraction of sp³-hybridized carbons (Fsp3) is 0.160. The number of hydrazone groups is 1. The average Bonchev–Trinajstić information content (AvgIpc) is 2.83. The van der Waals surface area contributed by atoms with Gasteiger partial charge in [0, 0.05) is 23.6 Å². The highest BCUT2D eigenvalue weighted by Crippen LogP contribution is 2.19. The molecule has 0 atom stereocenters. The predicted molar refractivity (Wildman–Crippen MR) is 140 cm³/mol. The summed E-state index contributed by atoms with van der Waals surface area (Å²) in [7, 11) is -3.99. The van der Waals surface area contributed by atoms with Crippen molar-refractivity contribution in [2.24, 2.45) is 5.10 Å². The van der Waals surface area contributed by atoms with Gasteiger partial charge in [0.25, 0.3) is 5.91 Å². The Morgan fingerprint density at radius 2 is 1.63 bits per heavy atom. The van der Waals surface area contributed by atoms with Gasteiger partial charge in [-0.25, -0.2) is 13.8 Å². The van der Waals surface area contributed by atoms with Crippen molar-refractivity contribution in [1.29, 1.82) is 0 Å². The van der Waals surface area contributed by atoms with Crippen LogP contribution in [0, 0.1) is 0 Å². The molecule has 0 aliphatic heterocycles. The van der Waals surface area contributed by atoms with Crippen molar-refractivity contribution in [2.45, 2.75) is 18.2 Å². The maximum Gasteiger partial charge on any atom is 0.255 e. The third-order valence-corrected chi connectivity index (χ3v) is 7.29. The smallest absolute Gasteiger partial charge is 0.255 e. The first-order valence-corrected chi connectivity index (χ1v) is 13.0. The molecule has 3 rings (SSSR count). The molecule has 2 N–H and O–H groups in total. The highest BCUT2D eigenvalue weighted by Gasteiger charge is 2.26.